The van der Waals surface area contributed by atoms with E-state index in [2.05, 4.69) is 25.4 Å². The maximum Gasteiger partial charge on any atom is 0.249 e. The number of benzene rings is 1. The number of ether oxygens (including phenoxy) is 1. The van der Waals surface area contributed by atoms with E-state index in [1.807, 2.05) is 42.6 Å². The van der Waals surface area contributed by atoms with Crippen molar-refractivity contribution in [3.63, 3.8) is 0 Å². The van der Waals surface area contributed by atoms with Crippen LogP contribution in [0, 0.1) is 6.92 Å². The van der Waals surface area contributed by atoms with Gasteiger partial charge in [-0.3, -0.25) is 0 Å². The molecule has 3 heterocycles. The number of anilines is 2. The molecule has 0 aliphatic carbocycles. The Morgan fingerprint density at radius 3 is 2.92 bits per heavy atom. The van der Waals surface area contributed by atoms with E-state index in [-0.39, 0.29) is 0 Å². The normalized spacial score (nSPS) is 10.9. The Labute approximate surface area is 142 Å². The monoisotopic (exact) mass is 338 g/mol. The van der Waals surface area contributed by atoms with Crippen LogP contribution in [-0.4, -0.2) is 31.7 Å². The Morgan fingerprint density at radius 2 is 2.08 bits per heavy atom. The van der Waals surface area contributed by atoms with Gasteiger partial charge in [0.2, 0.25) is 10.9 Å². The largest absolute Gasteiger partial charge is 0.496 e. The second-order valence-electron chi connectivity index (χ2n) is 5.12. The summed E-state index contributed by atoms with van der Waals surface area (Å²) in [5, 5.41) is 9.67. The highest BCUT2D eigenvalue weighted by molar-refractivity contribution is 7.15. The minimum Gasteiger partial charge on any atom is -0.496 e. The summed E-state index contributed by atoms with van der Waals surface area (Å²) in [5.41, 5.74) is 2.79. The summed E-state index contributed by atoms with van der Waals surface area (Å²) >= 11 is 1.52. The van der Waals surface area contributed by atoms with Crippen LogP contribution in [-0.2, 0) is 0 Å². The lowest BCUT2D eigenvalue weighted by molar-refractivity contribution is 0.416. The molecule has 0 saturated heterocycles. The van der Waals surface area contributed by atoms with E-state index in [4.69, 9.17) is 4.74 Å². The predicted molar refractivity (Wildman–Crippen MR) is 92.9 cm³/mol. The smallest absolute Gasteiger partial charge is 0.249 e. The van der Waals surface area contributed by atoms with Gasteiger partial charge in [0.05, 0.1) is 12.8 Å². The number of nitrogens with zero attached hydrogens (tertiary/aromatic N) is 5. The second kappa shape index (κ2) is 5.89. The Balaban J connectivity index is 1.74. The van der Waals surface area contributed by atoms with Crippen molar-refractivity contribution in [3.8, 4) is 17.0 Å². The SMILES string of the molecule is COc1ccccc1-c1csc2nc(Nc3cc(C)ncn3)nn12. The predicted octanol–water partition coefficient (Wildman–Crippen LogP) is 3.31. The van der Waals surface area contributed by atoms with Crippen molar-refractivity contribution in [2.45, 2.75) is 6.92 Å². The molecule has 0 aliphatic rings. The molecule has 3 aromatic heterocycles. The molecule has 0 fully saturated rings. The summed E-state index contributed by atoms with van der Waals surface area (Å²) in [6.45, 7) is 1.91. The molecule has 0 unspecified atom stereocenters. The van der Waals surface area contributed by atoms with Crippen LogP contribution < -0.4 is 10.1 Å². The van der Waals surface area contributed by atoms with Crippen molar-refractivity contribution in [1.29, 1.82) is 0 Å². The Morgan fingerprint density at radius 1 is 1.21 bits per heavy atom. The molecule has 0 amide bonds. The molecule has 7 nitrogen and oxygen atoms in total. The molecule has 4 aromatic rings. The van der Waals surface area contributed by atoms with Crippen LogP contribution in [0.25, 0.3) is 16.2 Å². The van der Waals surface area contributed by atoms with Gasteiger partial charge >= 0.3 is 0 Å². The molecular formula is C16H14N6OS. The standard InChI is InChI=1S/C16H14N6OS/c1-10-7-14(18-9-17-10)19-15-20-16-22(21-15)12(8-24-16)11-5-3-4-6-13(11)23-2/h3-9H,1-2H3,(H,17,18,19,21). The number of methoxy groups -OCH3 is 1. The van der Waals surface area contributed by atoms with Crippen LogP contribution in [0.15, 0.2) is 42.0 Å². The van der Waals surface area contributed by atoms with Crippen molar-refractivity contribution in [2.24, 2.45) is 0 Å². The third-order valence-electron chi connectivity index (χ3n) is 3.51. The summed E-state index contributed by atoms with van der Waals surface area (Å²) in [6.07, 6.45) is 1.51. The molecule has 0 saturated carbocycles. The number of aromatic nitrogens is 5. The Kier molecular flexibility index (Phi) is 3.58. The third-order valence-corrected chi connectivity index (χ3v) is 4.32. The number of fused-ring (bicyclic) bond motifs is 1. The lowest BCUT2D eigenvalue weighted by atomic mass is 10.1. The highest BCUT2D eigenvalue weighted by atomic mass is 32.1. The van der Waals surface area contributed by atoms with Crippen LogP contribution in [0.4, 0.5) is 11.8 Å². The first-order valence-electron chi connectivity index (χ1n) is 7.28. The number of para-hydroxylation sites is 1. The number of aryl methyl sites for hydroxylation is 1. The molecular weight excluding hydrogens is 324 g/mol. The van der Waals surface area contributed by atoms with E-state index in [0.29, 0.717) is 11.8 Å². The molecule has 0 atom stereocenters. The fourth-order valence-corrected chi connectivity index (χ4v) is 3.24. The number of nitrogens with one attached hydrogen (secondary N) is 1. The van der Waals surface area contributed by atoms with Crippen LogP contribution >= 0.6 is 11.3 Å². The number of rotatable bonds is 4. The molecule has 0 radical (unpaired) electrons. The number of thiazole rings is 1. The first-order valence-corrected chi connectivity index (χ1v) is 8.16. The van der Waals surface area contributed by atoms with Gasteiger partial charge in [-0.1, -0.05) is 12.1 Å². The summed E-state index contributed by atoms with van der Waals surface area (Å²) < 4.78 is 7.25. The van der Waals surface area contributed by atoms with E-state index < -0.39 is 0 Å². The highest BCUT2D eigenvalue weighted by Crippen LogP contribution is 2.32. The van der Waals surface area contributed by atoms with Gasteiger partial charge in [0.15, 0.2) is 0 Å². The molecule has 24 heavy (non-hydrogen) atoms. The van der Waals surface area contributed by atoms with Crippen molar-refractivity contribution >= 4 is 28.1 Å². The summed E-state index contributed by atoms with van der Waals surface area (Å²) in [6, 6.07) is 9.69. The number of hydrogen-bond acceptors (Lipinski definition) is 7. The molecule has 4 rings (SSSR count). The summed E-state index contributed by atoms with van der Waals surface area (Å²) in [4.78, 5) is 13.5. The van der Waals surface area contributed by atoms with Gasteiger partial charge in [0, 0.05) is 22.7 Å². The van der Waals surface area contributed by atoms with Gasteiger partial charge in [-0.15, -0.1) is 16.4 Å². The van der Waals surface area contributed by atoms with Crippen LogP contribution in [0.5, 0.6) is 5.75 Å². The molecule has 8 heteroatoms. The molecule has 120 valence electrons. The molecule has 0 spiro atoms. The van der Waals surface area contributed by atoms with E-state index in [1.54, 1.807) is 11.6 Å². The van der Waals surface area contributed by atoms with Crippen LogP contribution in [0.2, 0.25) is 0 Å². The van der Waals surface area contributed by atoms with E-state index in [0.717, 1.165) is 27.7 Å². The van der Waals surface area contributed by atoms with Crippen molar-refractivity contribution in [2.75, 3.05) is 12.4 Å². The van der Waals surface area contributed by atoms with Crippen molar-refractivity contribution in [1.82, 2.24) is 24.6 Å². The highest BCUT2D eigenvalue weighted by Gasteiger charge is 2.14. The lowest BCUT2D eigenvalue weighted by Gasteiger charge is -2.06. The lowest BCUT2D eigenvalue weighted by Crippen LogP contribution is -1.98. The van der Waals surface area contributed by atoms with Gasteiger partial charge in [-0.2, -0.15) is 4.98 Å². The van der Waals surface area contributed by atoms with E-state index in [9.17, 15) is 0 Å². The Bertz CT molecular complexity index is 1010. The fourth-order valence-electron chi connectivity index (χ4n) is 2.41. The average molecular weight is 338 g/mol. The maximum absolute atomic E-state index is 5.44. The molecule has 0 aliphatic heterocycles. The van der Waals surface area contributed by atoms with Crippen molar-refractivity contribution < 1.29 is 4.74 Å². The quantitative estimate of drug-likeness (QED) is 0.615. The van der Waals surface area contributed by atoms with Crippen molar-refractivity contribution in [3.05, 3.63) is 47.7 Å². The number of hydrogen-bond donors (Lipinski definition) is 1. The minimum atomic E-state index is 0.496. The first-order chi connectivity index (χ1) is 11.7. The molecule has 1 aromatic carbocycles. The van der Waals surface area contributed by atoms with Crippen LogP contribution in [0.1, 0.15) is 5.69 Å². The van der Waals surface area contributed by atoms with Gasteiger partial charge in [-0.05, 0) is 19.1 Å². The van der Waals surface area contributed by atoms with Gasteiger partial charge in [-0.25, -0.2) is 14.5 Å². The topological polar surface area (TPSA) is 77.2 Å². The maximum atomic E-state index is 5.44. The molecule has 0 bridgehead atoms. The van der Waals surface area contributed by atoms with Gasteiger partial charge in [0.1, 0.15) is 17.9 Å². The van der Waals surface area contributed by atoms with Gasteiger partial charge < -0.3 is 10.1 Å². The zero-order valence-electron chi connectivity index (χ0n) is 13.1. The van der Waals surface area contributed by atoms with E-state index >= 15 is 0 Å². The summed E-state index contributed by atoms with van der Waals surface area (Å²) in [5.74, 6) is 1.96. The van der Waals surface area contributed by atoms with E-state index in [1.165, 1.54) is 17.7 Å². The molecule has 1 N–H and O–H groups in total. The fraction of sp³-hybridized carbons (Fsp3) is 0.125. The zero-order chi connectivity index (χ0) is 16.5. The second-order valence-corrected chi connectivity index (χ2v) is 5.96. The zero-order valence-corrected chi connectivity index (χ0v) is 13.9. The first kappa shape index (κ1) is 14.6. The van der Waals surface area contributed by atoms with Crippen LogP contribution in [0.3, 0.4) is 0 Å². The third kappa shape index (κ3) is 2.56. The summed E-state index contributed by atoms with van der Waals surface area (Å²) in [7, 11) is 1.66. The Hall–Kier alpha value is -3.00. The minimum absolute atomic E-state index is 0.496. The average Bonchev–Trinajstić information content (AvgIpc) is 3.15. The van der Waals surface area contributed by atoms with Gasteiger partial charge in [0.25, 0.3) is 0 Å².